The molecule has 13 heavy (non-hydrogen) atoms. The van der Waals surface area contributed by atoms with Crippen LogP contribution >= 0.6 is 0 Å². The molecular weight excluding hydrogens is 158 g/mol. The third kappa shape index (κ3) is 3.83. The average molecular weight is 179 g/mol. The second kappa shape index (κ2) is 5.29. The third-order valence-electron chi connectivity index (χ3n) is 3.04. The molecule has 0 unspecified atom stereocenters. The summed E-state index contributed by atoms with van der Waals surface area (Å²) in [6.07, 6.45) is 12.8. The molecule has 0 atom stereocenters. The Balaban J connectivity index is 2.02. The van der Waals surface area contributed by atoms with E-state index in [1.807, 2.05) is 0 Å². The van der Waals surface area contributed by atoms with Crippen LogP contribution < -0.4 is 5.32 Å². The van der Waals surface area contributed by atoms with Gasteiger partial charge in [-0.05, 0) is 31.2 Å². The van der Waals surface area contributed by atoms with E-state index < -0.39 is 0 Å². The molecule has 0 saturated heterocycles. The Kier molecular flexibility index (Phi) is 4.32. The fourth-order valence-corrected chi connectivity index (χ4v) is 2.11. The summed E-state index contributed by atoms with van der Waals surface area (Å²) < 4.78 is 0. The van der Waals surface area contributed by atoms with Crippen LogP contribution in [0.1, 0.15) is 45.4 Å². The Hall–Kier alpha value is -0.480. The van der Waals surface area contributed by atoms with Gasteiger partial charge >= 0.3 is 0 Å². The first-order valence-electron chi connectivity index (χ1n) is 5.41. The molecular formula is C12H21N. The van der Waals surface area contributed by atoms with Crippen LogP contribution in [0.15, 0.2) is 0 Å². The van der Waals surface area contributed by atoms with E-state index in [0.717, 1.165) is 19.4 Å². The third-order valence-corrected chi connectivity index (χ3v) is 3.04. The van der Waals surface area contributed by atoms with Crippen molar-refractivity contribution >= 4 is 0 Å². The zero-order valence-electron chi connectivity index (χ0n) is 8.73. The van der Waals surface area contributed by atoms with Gasteiger partial charge in [0.25, 0.3) is 0 Å². The van der Waals surface area contributed by atoms with Crippen LogP contribution in [-0.4, -0.2) is 13.1 Å². The Labute approximate surface area is 82.3 Å². The first-order chi connectivity index (χ1) is 6.27. The highest BCUT2D eigenvalue weighted by Gasteiger charge is 2.27. The van der Waals surface area contributed by atoms with Gasteiger partial charge in [0.05, 0.1) is 0 Å². The van der Waals surface area contributed by atoms with Gasteiger partial charge in [0.15, 0.2) is 0 Å². The maximum Gasteiger partial charge on any atom is 0.00981 e. The van der Waals surface area contributed by atoms with E-state index in [2.05, 4.69) is 18.2 Å². The van der Waals surface area contributed by atoms with Crippen LogP contribution in [0.2, 0.25) is 0 Å². The minimum Gasteiger partial charge on any atom is -0.316 e. The maximum atomic E-state index is 5.18. The highest BCUT2D eigenvalue weighted by Crippen LogP contribution is 2.36. The molecule has 0 spiro atoms. The molecule has 0 aliphatic heterocycles. The van der Waals surface area contributed by atoms with Crippen LogP contribution in [0.3, 0.4) is 0 Å². The molecule has 1 N–H and O–H groups in total. The summed E-state index contributed by atoms with van der Waals surface area (Å²) >= 11 is 0. The van der Waals surface area contributed by atoms with Gasteiger partial charge in [-0.25, -0.2) is 0 Å². The van der Waals surface area contributed by atoms with E-state index in [4.69, 9.17) is 6.42 Å². The Bertz CT molecular complexity index is 172. The van der Waals surface area contributed by atoms with Gasteiger partial charge in [-0.3, -0.25) is 0 Å². The number of nitrogens with one attached hydrogen (secondary N) is 1. The summed E-state index contributed by atoms with van der Waals surface area (Å²) in [5.74, 6) is 2.67. The smallest absolute Gasteiger partial charge is 0.00981 e. The maximum absolute atomic E-state index is 5.18. The monoisotopic (exact) mass is 179 g/mol. The van der Waals surface area contributed by atoms with E-state index in [0.29, 0.717) is 5.41 Å². The van der Waals surface area contributed by atoms with E-state index in [9.17, 15) is 0 Å². The second-order valence-corrected chi connectivity index (χ2v) is 4.50. The van der Waals surface area contributed by atoms with Crippen molar-refractivity contribution in [2.24, 2.45) is 5.41 Å². The van der Waals surface area contributed by atoms with Crippen molar-refractivity contribution in [1.29, 1.82) is 0 Å². The van der Waals surface area contributed by atoms with Crippen LogP contribution in [0.5, 0.6) is 0 Å². The van der Waals surface area contributed by atoms with Crippen molar-refractivity contribution in [2.45, 2.75) is 45.4 Å². The van der Waals surface area contributed by atoms with Crippen molar-refractivity contribution in [3.05, 3.63) is 0 Å². The minimum atomic E-state index is 0.580. The van der Waals surface area contributed by atoms with Crippen molar-refractivity contribution in [2.75, 3.05) is 13.1 Å². The molecule has 0 radical (unpaired) electrons. The highest BCUT2D eigenvalue weighted by molar-refractivity contribution is 4.84. The van der Waals surface area contributed by atoms with Gasteiger partial charge in [-0.1, -0.05) is 19.8 Å². The zero-order valence-corrected chi connectivity index (χ0v) is 8.73. The molecule has 0 amide bonds. The number of terminal acetylenes is 1. The van der Waals surface area contributed by atoms with Gasteiger partial charge in [-0.15, -0.1) is 12.3 Å². The van der Waals surface area contributed by atoms with E-state index in [-0.39, 0.29) is 0 Å². The van der Waals surface area contributed by atoms with E-state index >= 15 is 0 Å². The number of hydrogen-bond acceptors (Lipinski definition) is 1. The van der Waals surface area contributed by atoms with Gasteiger partial charge in [0, 0.05) is 13.0 Å². The van der Waals surface area contributed by atoms with Gasteiger partial charge < -0.3 is 5.32 Å². The quantitative estimate of drug-likeness (QED) is 0.505. The Morgan fingerprint density at radius 3 is 2.69 bits per heavy atom. The fourth-order valence-electron chi connectivity index (χ4n) is 2.11. The predicted molar refractivity (Wildman–Crippen MR) is 57.5 cm³/mol. The van der Waals surface area contributed by atoms with Gasteiger partial charge in [0.1, 0.15) is 0 Å². The molecule has 0 aromatic carbocycles. The zero-order chi connectivity index (χ0) is 9.57. The molecule has 0 aromatic heterocycles. The lowest BCUT2D eigenvalue weighted by Gasteiger charge is -2.23. The highest BCUT2D eigenvalue weighted by atomic mass is 14.9. The lowest BCUT2D eigenvalue weighted by Crippen LogP contribution is -2.30. The summed E-state index contributed by atoms with van der Waals surface area (Å²) in [5, 5.41) is 3.51. The van der Waals surface area contributed by atoms with Crippen LogP contribution in [0, 0.1) is 17.8 Å². The first kappa shape index (κ1) is 10.6. The molecule has 1 nitrogen and oxygen atoms in total. The van der Waals surface area contributed by atoms with Gasteiger partial charge in [0.2, 0.25) is 0 Å². The van der Waals surface area contributed by atoms with Crippen LogP contribution in [0.25, 0.3) is 0 Å². The Morgan fingerprint density at radius 2 is 2.08 bits per heavy atom. The van der Waals surface area contributed by atoms with E-state index in [1.165, 1.54) is 32.2 Å². The van der Waals surface area contributed by atoms with Crippen molar-refractivity contribution in [1.82, 2.24) is 5.32 Å². The number of hydrogen-bond donors (Lipinski definition) is 1. The molecule has 1 saturated carbocycles. The molecule has 1 fully saturated rings. The molecule has 1 rings (SSSR count). The molecule has 1 aliphatic rings. The van der Waals surface area contributed by atoms with Gasteiger partial charge in [-0.2, -0.15) is 0 Å². The molecule has 0 heterocycles. The molecule has 0 aromatic rings. The van der Waals surface area contributed by atoms with Crippen LogP contribution in [0.4, 0.5) is 0 Å². The minimum absolute atomic E-state index is 0.580. The molecule has 1 heteroatoms. The number of unbranched alkanes of at least 4 members (excludes halogenated alkanes) is 1. The van der Waals surface area contributed by atoms with Crippen molar-refractivity contribution in [3.63, 3.8) is 0 Å². The molecule has 74 valence electrons. The normalized spacial score (nSPS) is 20.0. The molecule has 0 bridgehead atoms. The lowest BCUT2D eigenvalue weighted by atomic mass is 9.89. The summed E-state index contributed by atoms with van der Waals surface area (Å²) in [6.45, 7) is 4.66. The Morgan fingerprint density at radius 1 is 1.38 bits per heavy atom. The van der Waals surface area contributed by atoms with Crippen LogP contribution in [-0.2, 0) is 0 Å². The average Bonchev–Trinajstić information content (AvgIpc) is 2.53. The topological polar surface area (TPSA) is 12.0 Å². The largest absolute Gasteiger partial charge is 0.316 e. The number of rotatable bonds is 5. The first-order valence-corrected chi connectivity index (χ1v) is 5.41. The lowest BCUT2D eigenvalue weighted by molar-refractivity contribution is 0.315. The fraction of sp³-hybridized carbons (Fsp3) is 0.833. The van der Waals surface area contributed by atoms with E-state index in [1.54, 1.807) is 0 Å². The summed E-state index contributed by atoms with van der Waals surface area (Å²) in [4.78, 5) is 0. The van der Waals surface area contributed by atoms with Crippen molar-refractivity contribution in [3.8, 4) is 12.3 Å². The standard InChI is InChI=1S/C12H21N/c1-3-4-7-10-13-11-12(2)8-5-6-9-12/h1,13H,4-11H2,2H3. The molecule has 1 aliphatic carbocycles. The summed E-state index contributed by atoms with van der Waals surface area (Å²) in [5.41, 5.74) is 0.580. The SMILES string of the molecule is C#CCCCNCC1(C)CCCC1. The summed E-state index contributed by atoms with van der Waals surface area (Å²) in [6, 6.07) is 0. The second-order valence-electron chi connectivity index (χ2n) is 4.50. The predicted octanol–water partition coefficient (Wildman–Crippen LogP) is 2.57. The van der Waals surface area contributed by atoms with Crippen molar-refractivity contribution < 1.29 is 0 Å². The summed E-state index contributed by atoms with van der Waals surface area (Å²) in [7, 11) is 0.